The Morgan fingerprint density at radius 1 is 1.21 bits per heavy atom. The molecular formula is C18H31N5O2S3. The Morgan fingerprint density at radius 2 is 1.96 bits per heavy atom. The lowest BCUT2D eigenvalue weighted by atomic mass is 10.2. The van der Waals surface area contributed by atoms with Crippen molar-refractivity contribution in [3.8, 4) is 0 Å². The van der Waals surface area contributed by atoms with E-state index in [4.69, 9.17) is 0 Å². The Hall–Kier alpha value is -0.810. The van der Waals surface area contributed by atoms with Gasteiger partial charge in [0.25, 0.3) is 0 Å². The van der Waals surface area contributed by atoms with E-state index >= 15 is 0 Å². The Labute approximate surface area is 177 Å². The maximum atomic E-state index is 12.5. The number of sulfonamides is 1. The second-order valence-electron chi connectivity index (χ2n) is 6.98. The SMILES string of the molecule is CN=C(NCCS(=O)(=O)N1CCSCC1)NCC(c1cccs1)N1CCCC1. The lowest BCUT2D eigenvalue weighted by Gasteiger charge is -2.28. The van der Waals surface area contributed by atoms with Crippen LogP contribution in [-0.2, 0) is 10.0 Å². The summed E-state index contributed by atoms with van der Waals surface area (Å²) in [6.45, 7) is 4.62. The van der Waals surface area contributed by atoms with Gasteiger partial charge in [-0.15, -0.1) is 11.3 Å². The number of hydrogen-bond acceptors (Lipinski definition) is 6. The summed E-state index contributed by atoms with van der Waals surface area (Å²) in [6.07, 6.45) is 2.50. The van der Waals surface area contributed by atoms with Crippen LogP contribution in [0.5, 0.6) is 0 Å². The monoisotopic (exact) mass is 445 g/mol. The largest absolute Gasteiger partial charge is 0.355 e. The Kier molecular flexibility index (Phi) is 8.46. The normalized spacial score (nSPS) is 21.0. The van der Waals surface area contributed by atoms with Crippen molar-refractivity contribution in [1.82, 2.24) is 19.8 Å². The van der Waals surface area contributed by atoms with E-state index in [-0.39, 0.29) is 5.75 Å². The number of thioether (sulfide) groups is 1. The van der Waals surface area contributed by atoms with E-state index in [1.807, 2.05) is 11.8 Å². The summed E-state index contributed by atoms with van der Waals surface area (Å²) in [5, 5.41) is 8.68. The highest BCUT2D eigenvalue weighted by Gasteiger charge is 2.25. The van der Waals surface area contributed by atoms with Crippen LogP contribution in [0.1, 0.15) is 23.8 Å². The number of nitrogens with one attached hydrogen (secondary N) is 2. The van der Waals surface area contributed by atoms with Crippen LogP contribution in [0.4, 0.5) is 0 Å². The molecule has 2 fully saturated rings. The molecule has 2 saturated heterocycles. The molecule has 0 amide bonds. The molecule has 2 aliphatic heterocycles. The third-order valence-corrected chi connectivity index (χ3v) is 8.94. The van der Waals surface area contributed by atoms with Gasteiger partial charge in [0.2, 0.25) is 10.0 Å². The van der Waals surface area contributed by atoms with Crippen molar-refractivity contribution in [1.29, 1.82) is 0 Å². The molecular weight excluding hydrogens is 414 g/mol. The number of likely N-dealkylation sites (tertiary alicyclic amines) is 1. The van der Waals surface area contributed by atoms with Crippen molar-refractivity contribution in [2.24, 2.45) is 4.99 Å². The van der Waals surface area contributed by atoms with Crippen molar-refractivity contribution >= 4 is 39.1 Å². The maximum Gasteiger partial charge on any atom is 0.215 e. The van der Waals surface area contributed by atoms with Gasteiger partial charge in [-0.25, -0.2) is 12.7 Å². The Balaban J connectivity index is 1.48. The molecule has 3 heterocycles. The van der Waals surface area contributed by atoms with Crippen LogP contribution >= 0.6 is 23.1 Å². The molecule has 28 heavy (non-hydrogen) atoms. The van der Waals surface area contributed by atoms with Crippen molar-refractivity contribution in [2.45, 2.75) is 18.9 Å². The zero-order chi connectivity index (χ0) is 19.8. The van der Waals surface area contributed by atoms with Crippen LogP contribution < -0.4 is 10.6 Å². The summed E-state index contributed by atoms with van der Waals surface area (Å²) < 4.78 is 26.5. The van der Waals surface area contributed by atoms with E-state index in [9.17, 15) is 8.42 Å². The van der Waals surface area contributed by atoms with Gasteiger partial charge in [-0.3, -0.25) is 9.89 Å². The minimum absolute atomic E-state index is 0.0961. The van der Waals surface area contributed by atoms with E-state index < -0.39 is 10.0 Å². The second kappa shape index (κ2) is 10.8. The summed E-state index contributed by atoms with van der Waals surface area (Å²) in [5.41, 5.74) is 0. The summed E-state index contributed by atoms with van der Waals surface area (Å²) in [6, 6.07) is 4.62. The van der Waals surface area contributed by atoms with Crippen molar-refractivity contribution < 1.29 is 8.42 Å². The third-order valence-electron chi connectivity index (χ3n) is 5.16. The van der Waals surface area contributed by atoms with Gasteiger partial charge >= 0.3 is 0 Å². The standard InChI is InChI=1S/C18H31N5O2S3/c1-19-18(20-6-14-28(24,25)23-9-12-26-13-10-23)21-15-16(17-5-4-11-27-17)22-7-2-3-8-22/h4-5,11,16H,2-3,6-10,12-15H2,1H3,(H2,19,20,21). The first kappa shape index (κ1) is 21.9. The van der Waals surface area contributed by atoms with Gasteiger partial charge in [0, 0.05) is 49.6 Å². The summed E-state index contributed by atoms with van der Waals surface area (Å²) in [5.74, 6) is 2.52. The number of rotatable bonds is 8. The molecule has 7 nitrogen and oxygen atoms in total. The molecule has 1 aromatic rings. The lowest BCUT2D eigenvalue weighted by Crippen LogP contribution is -2.45. The van der Waals surface area contributed by atoms with Gasteiger partial charge in [-0.05, 0) is 37.4 Å². The molecule has 0 radical (unpaired) electrons. The average molecular weight is 446 g/mol. The highest BCUT2D eigenvalue weighted by molar-refractivity contribution is 7.99. The van der Waals surface area contributed by atoms with Gasteiger partial charge in [0.05, 0.1) is 11.8 Å². The molecule has 1 aromatic heterocycles. The van der Waals surface area contributed by atoms with Crippen molar-refractivity contribution in [3.05, 3.63) is 22.4 Å². The van der Waals surface area contributed by atoms with Crippen molar-refractivity contribution in [2.75, 3.05) is 63.6 Å². The minimum atomic E-state index is -3.20. The zero-order valence-electron chi connectivity index (χ0n) is 16.5. The fourth-order valence-electron chi connectivity index (χ4n) is 3.61. The first-order valence-electron chi connectivity index (χ1n) is 9.88. The van der Waals surface area contributed by atoms with Crippen LogP contribution in [0.15, 0.2) is 22.5 Å². The maximum absolute atomic E-state index is 12.5. The van der Waals surface area contributed by atoms with E-state index in [1.54, 1.807) is 22.7 Å². The van der Waals surface area contributed by atoms with E-state index in [0.717, 1.165) is 31.1 Å². The predicted molar refractivity (Wildman–Crippen MR) is 120 cm³/mol. The molecule has 10 heteroatoms. The van der Waals surface area contributed by atoms with Gasteiger partial charge in [-0.1, -0.05) is 6.07 Å². The molecule has 0 aliphatic carbocycles. The summed E-state index contributed by atoms with van der Waals surface area (Å²) in [4.78, 5) is 8.14. The fraction of sp³-hybridized carbons (Fsp3) is 0.722. The van der Waals surface area contributed by atoms with Crippen LogP contribution in [-0.4, -0.2) is 87.2 Å². The minimum Gasteiger partial charge on any atom is -0.355 e. The summed E-state index contributed by atoms with van der Waals surface area (Å²) in [7, 11) is -1.47. The van der Waals surface area contributed by atoms with Crippen LogP contribution in [0, 0.1) is 0 Å². The quantitative estimate of drug-likeness (QED) is 0.466. The van der Waals surface area contributed by atoms with Crippen LogP contribution in [0.2, 0.25) is 0 Å². The number of nitrogens with zero attached hydrogens (tertiary/aromatic N) is 3. The molecule has 0 aromatic carbocycles. The van der Waals surface area contributed by atoms with Crippen LogP contribution in [0.25, 0.3) is 0 Å². The molecule has 2 aliphatic rings. The van der Waals surface area contributed by atoms with Gasteiger partial charge in [-0.2, -0.15) is 11.8 Å². The Morgan fingerprint density at radius 3 is 2.61 bits per heavy atom. The van der Waals surface area contributed by atoms with Gasteiger partial charge in [0.15, 0.2) is 5.96 Å². The van der Waals surface area contributed by atoms with E-state index in [1.165, 1.54) is 17.7 Å². The zero-order valence-corrected chi connectivity index (χ0v) is 18.9. The molecule has 1 unspecified atom stereocenters. The van der Waals surface area contributed by atoms with Crippen LogP contribution in [0.3, 0.4) is 0 Å². The highest BCUT2D eigenvalue weighted by Crippen LogP contribution is 2.27. The lowest BCUT2D eigenvalue weighted by molar-refractivity contribution is 0.249. The number of hydrogen-bond donors (Lipinski definition) is 2. The molecule has 1 atom stereocenters. The third kappa shape index (κ3) is 6.09. The van der Waals surface area contributed by atoms with Crippen molar-refractivity contribution in [3.63, 3.8) is 0 Å². The summed E-state index contributed by atoms with van der Waals surface area (Å²) >= 11 is 3.60. The molecule has 0 spiro atoms. The topological polar surface area (TPSA) is 77.0 Å². The van der Waals surface area contributed by atoms with E-state index in [2.05, 4.69) is 38.0 Å². The Bertz CT molecular complexity index is 712. The molecule has 2 N–H and O–H groups in total. The molecule has 0 saturated carbocycles. The predicted octanol–water partition coefficient (Wildman–Crippen LogP) is 1.43. The van der Waals surface area contributed by atoms with E-state index in [0.29, 0.717) is 31.6 Å². The number of thiophene rings is 1. The smallest absolute Gasteiger partial charge is 0.215 e. The number of aliphatic imine (C=N–C) groups is 1. The molecule has 0 bridgehead atoms. The molecule has 3 rings (SSSR count). The first-order chi connectivity index (χ1) is 13.6. The number of guanidine groups is 1. The molecule has 158 valence electrons. The highest BCUT2D eigenvalue weighted by atomic mass is 32.2. The van der Waals surface area contributed by atoms with Gasteiger partial charge < -0.3 is 10.6 Å². The fourth-order valence-corrected chi connectivity index (χ4v) is 6.96. The second-order valence-corrected chi connectivity index (χ2v) is 11.3. The average Bonchev–Trinajstić information content (AvgIpc) is 3.42. The van der Waals surface area contributed by atoms with Gasteiger partial charge in [0.1, 0.15) is 0 Å². The first-order valence-corrected chi connectivity index (χ1v) is 13.5.